The molecule has 0 aliphatic heterocycles. The standard InChI is InChI=1S/C5H14N4.C4H7NO.ClH/c6-3-1-2-4-9-5(7)8;1-3(2)4(5)6;/h1-4,6H2,(H4,7,8,9);1H2,2H3,(H2,5,6);1H. The van der Waals surface area contributed by atoms with E-state index in [2.05, 4.69) is 11.9 Å². The van der Waals surface area contributed by atoms with E-state index in [1.165, 1.54) is 0 Å². The van der Waals surface area contributed by atoms with Crippen LogP contribution in [-0.2, 0) is 4.79 Å². The summed E-state index contributed by atoms with van der Waals surface area (Å²) in [5.74, 6) is -0.401. The number of rotatable bonds is 5. The number of nitrogens with two attached hydrogens (primary N) is 3. The van der Waals surface area contributed by atoms with Crippen molar-refractivity contribution in [2.45, 2.75) is 19.8 Å². The van der Waals surface area contributed by atoms with Gasteiger partial charge >= 0.3 is 0 Å². The summed E-state index contributed by atoms with van der Waals surface area (Å²) >= 11 is 0. The third-order valence-corrected chi connectivity index (χ3v) is 1.37. The number of carbonyl (C=O) groups is 1. The Kier molecular flexibility index (Phi) is 17.3. The molecule has 0 rings (SSSR count). The number of halogens is 1. The molecule has 0 aliphatic carbocycles. The molecule has 0 spiro atoms. The van der Waals surface area contributed by atoms with Gasteiger partial charge in [-0.2, -0.15) is 0 Å². The molecule has 0 fully saturated rings. The predicted molar refractivity (Wildman–Crippen MR) is 69.5 cm³/mol. The van der Waals surface area contributed by atoms with E-state index in [4.69, 9.17) is 22.6 Å². The second kappa shape index (κ2) is 13.7. The lowest BCUT2D eigenvalue weighted by Gasteiger charge is -2.00. The minimum Gasteiger partial charge on any atom is -0.370 e. The summed E-state index contributed by atoms with van der Waals surface area (Å²) in [7, 11) is 0. The third-order valence-electron chi connectivity index (χ3n) is 1.37. The Hall–Kier alpha value is -1.27. The topological polar surface area (TPSA) is 131 Å². The molecular weight excluding hydrogens is 230 g/mol. The molecule has 7 heteroatoms. The smallest absolute Gasteiger partial charge is 0.243 e. The van der Waals surface area contributed by atoms with Crippen LogP contribution in [0.2, 0.25) is 0 Å². The Balaban J connectivity index is -0.000000214. The fourth-order valence-corrected chi connectivity index (χ4v) is 0.492. The van der Waals surface area contributed by atoms with E-state index in [9.17, 15) is 4.79 Å². The Labute approximate surface area is 103 Å². The quantitative estimate of drug-likeness (QED) is 0.198. The van der Waals surface area contributed by atoms with Crippen molar-refractivity contribution in [1.82, 2.24) is 5.32 Å². The molecule has 96 valence electrons. The van der Waals surface area contributed by atoms with Crippen molar-refractivity contribution >= 4 is 24.3 Å². The van der Waals surface area contributed by atoms with Gasteiger partial charge in [0, 0.05) is 12.1 Å². The lowest BCUT2D eigenvalue weighted by atomic mass is 10.3. The van der Waals surface area contributed by atoms with Crippen molar-refractivity contribution in [3.8, 4) is 0 Å². The molecule has 0 aromatic heterocycles. The SMILES string of the molecule is C=C(C)C(N)=O.Cl.N=C(N)NCCCCN. The molecule has 0 bridgehead atoms. The van der Waals surface area contributed by atoms with Crippen LogP contribution in [0, 0.1) is 5.41 Å². The van der Waals surface area contributed by atoms with Gasteiger partial charge in [0.15, 0.2) is 5.96 Å². The zero-order valence-corrected chi connectivity index (χ0v) is 10.4. The summed E-state index contributed by atoms with van der Waals surface area (Å²) in [4.78, 5) is 9.82. The highest BCUT2D eigenvalue weighted by molar-refractivity contribution is 5.90. The Morgan fingerprint density at radius 3 is 2.06 bits per heavy atom. The van der Waals surface area contributed by atoms with Gasteiger partial charge in [-0.25, -0.2) is 0 Å². The summed E-state index contributed by atoms with van der Waals surface area (Å²) < 4.78 is 0. The summed E-state index contributed by atoms with van der Waals surface area (Å²) in [6.07, 6.45) is 1.97. The van der Waals surface area contributed by atoms with Gasteiger partial charge in [-0.05, 0) is 26.3 Å². The number of unbranched alkanes of at least 4 members (excludes halogenated alkanes) is 1. The van der Waals surface area contributed by atoms with Crippen LogP contribution in [0.1, 0.15) is 19.8 Å². The summed E-state index contributed by atoms with van der Waals surface area (Å²) in [5, 5.41) is 9.45. The van der Waals surface area contributed by atoms with Crippen molar-refractivity contribution < 1.29 is 4.79 Å². The first-order valence-corrected chi connectivity index (χ1v) is 4.65. The van der Waals surface area contributed by atoms with E-state index in [0.29, 0.717) is 12.1 Å². The predicted octanol–water partition coefficient (Wildman–Crippen LogP) is -0.322. The molecule has 0 aromatic rings. The lowest BCUT2D eigenvalue weighted by molar-refractivity contribution is -0.114. The molecule has 1 amide bonds. The Morgan fingerprint density at radius 2 is 1.81 bits per heavy atom. The maximum absolute atomic E-state index is 9.82. The van der Waals surface area contributed by atoms with E-state index < -0.39 is 5.91 Å². The fourth-order valence-electron chi connectivity index (χ4n) is 0.492. The normalized spacial score (nSPS) is 7.88. The second-order valence-corrected chi connectivity index (χ2v) is 2.98. The molecule has 8 N–H and O–H groups in total. The first-order valence-electron chi connectivity index (χ1n) is 4.65. The maximum atomic E-state index is 9.82. The van der Waals surface area contributed by atoms with E-state index >= 15 is 0 Å². The molecule has 0 saturated carbocycles. The molecule has 0 radical (unpaired) electrons. The zero-order valence-electron chi connectivity index (χ0n) is 9.58. The lowest BCUT2D eigenvalue weighted by Crippen LogP contribution is -2.31. The van der Waals surface area contributed by atoms with Crippen LogP contribution in [0.3, 0.4) is 0 Å². The monoisotopic (exact) mass is 251 g/mol. The molecule has 0 aliphatic rings. The van der Waals surface area contributed by atoms with E-state index in [0.717, 1.165) is 19.4 Å². The molecule has 0 heterocycles. The van der Waals surface area contributed by atoms with Gasteiger partial charge in [0.05, 0.1) is 0 Å². The van der Waals surface area contributed by atoms with Crippen molar-refractivity contribution in [3.05, 3.63) is 12.2 Å². The third kappa shape index (κ3) is 23.0. The number of hydrogen-bond donors (Lipinski definition) is 5. The van der Waals surface area contributed by atoms with Crippen LogP contribution >= 0.6 is 12.4 Å². The zero-order chi connectivity index (χ0) is 12.3. The molecule has 0 atom stereocenters. The average molecular weight is 252 g/mol. The van der Waals surface area contributed by atoms with Crippen LogP contribution in [0.25, 0.3) is 0 Å². The summed E-state index contributed by atoms with van der Waals surface area (Å²) in [6, 6.07) is 0. The highest BCUT2D eigenvalue weighted by Gasteiger charge is 1.87. The van der Waals surface area contributed by atoms with Gasteiger partial charge < -0.3 is 22.5 Å². The van der Waals surface area contributed by atoms with Gasteiger partial charge in [-0.1, -0.05) is 6.58 Å². The number of hydrogen-bond acceptors (Lipinski definition) is 3. The molecule has 0 unspecified atom stereocenters. The fraction of sp³-hybridized carbons (Fsp3) is 0.556. The van der Waals surface area contributed by atoms with Crippen LogP contribution < -0.4 is 22.5 Å². The van der Waals surface area contributed by atoms with Crippen molar-refractivity contribution in [3.63, 3.8) is 0 Å². The van der Waals surface area contributed by atoms with Gasteiger partial charge in [-0.3, -0.25) is 10.2 Å². The van der Waals surface area contributed by atoms with Gasteiger partial charge in [-0.15, -0.1) is 12.4 Å². The van der Waals surface area contributed by atoms with Crippen molar-refractivity contribution in [2.24, 2.45) is 17.2 Å². The largest absolute Gasteiger partial charge is 0.370 e. The first kappa shape index (κ1) is 20.2. The van der Waals surface area contributed by atoms with E-state index in [-0.39, 0.29) is 18.4 Å². The van der Waals surface area contributed by atoms with Crippen LogP contribution in [0.15, 0.2) is 12.2 Å². The van der Waals surface area contributed by atoms with Gasteiger partial charge in [0.25, 0.3) is 0 Å². The van der Waals surface area contributed by atoms with Gasteiger partial charge in [0.1, 0.15) is 0 Å². The number of amides is 1. The van der Waals surface area contributed by atoms with Crippen molar-refractivity contribution in [1.29, 1.82) is 5.41 Å². The maximum Gasteiger partial charge on any atom is 0.243 e. The number of primary amides is 1. The number of nitrogens with one attached hydrogen (secondary N) is 2. The average Bonchev–Trinajstić information content (AvgIpc) is 2.13. The van der Waals surface area contributed by atoms with E-state index in [1.54, 1.807) is 6.92 Å². The minimum absolute atomic E-state index is 0. The van der Waals surface area contributed by atoms with Crippen LogP contribution in [-0.4, -0.2) is 25.0 Å². The molecule has 6 nitrogen and oxygen atoms in total. The molecule has 0 aromatic carbocycles. The summed E-state index contributed by atoms with van der Waals surface area (Å²) in [5.41, 5.74) is 15.3. The Morgan fingerprint density at radius 1 is 1.38 bits per heavy atom. The molecular formula is C9H22ClN5O. The highest BCUT2D eigenvalue weighted by Crippen LogP contribution is 1.80. The van der Waals surface area contributed by atoms with Crippen LogP contribution in [0.5, 0.6) is 0 Å². The van der Waals surface area contributed by atoms with E-state index in [1.807, 2.05) is 0 Å². The molecule has 16 heavy (non-hydrogen) atoms. The number of guanidine groups is 1. The van der Waals surface area contributed by atoms with Crippen molar-refractivity contribution in [2.75, 3.05) is 13.1 Å². The minimum atomic E-state index is -0.435. The first-order chi connectivity index (χ1) is 6.91. The summed E-state index contributed by atoms with van der Waals surface area (Å²) in [6.45, 7) is 6.32. The van der Waals surface area contributed by atoms with Crippen LogP contribution in [0.4, 0.5) is 0 Å². The van der Waals surface area contributed by atoms with Gasteiger partial charge in [0.2, 0.25) is 5.91 Å². The Bertz CT molecular complexity index is 208. The number of carbonyl (C=O) groups excluding carboxylic acids is 1. The molecule has 0 saturated heterocycles. The second-order valence-electron chi connectivity index (χ2n) is 2.98. The highest BCUT2D eigenvalue weighted by atomic mass is 35.5.